The number of carboxylic acid groups (broad SMARTS) is 1. The summed E-state index contributed by atoms with van der Waals surface area (Å²) in [4.78, 5) is 29.9. The number of benzene rings is 2. The number of carboxylic acids is 1. The van der Waals surface area contributed by atoms with Crippen molar-refractivity contribution in [3.63, 3.8) is 0 Å². The van der Waals surface area contributed by atoms with E-state index in [9.17, 15) is 18.0 Å². The molecular formula is C24H24ClF3N6O4. The smallest absolute Gasteiger partial charge is 0.475 e. The molecule has 38 heavy (non-hydrogen) atoms. The number of hydrogen-bond acceptors (Lipinski definition) is 7. The molecule has 4 rings (SSSR count). The van der Waals surface area contributed by atoms with Crippen LogP contribution in [0.3, 0.4) is 0 Å². The zero-order valence-electron chi connectivity index (χ0n) is 20.0. The normalized spacial score (nSPS) is 12.1. The van der Waals surface area contributed by atoms with E-state index in [4.69, 9.17) is 26.2 Å². The fourth-order valence-electron chi connectivity index (χ4n) is 3.30. The minimum Gasteiger partial charge on any atom is -0.475 e. The third-order valence-corrected chi connectivity index (χ3v) is 5.34. The quantitative estimate of drug-likeness (QED) is 0.281. The second kappa shape index (κ2) is 12.9. The molecule has 1 aliphatic heterocycles. The number of halogens is 4. The molecule has 0 unspecified atom stereocenters. The molecule has 3 aromatic rings. The van der Waals surface area contributed by atoms with E-state index in [2.05, 4.69) is 43.4 Å². The summed E-state index contributed by atoms with van der Waals surface area (Å²) >= 11 is 6.30. The van der Waals surface area contributed by atoms with Crippen molar-refractivity contribution in [3.8, 4) is 0 Å². The number of rotatable bonds is 4. The number of aromatic nitrogens is 2. The average Bonchev–Trinajstić information content (AvgIpc) is 2.86. The van der Waals surface area contributed by atoms with Gasteiger partial charge in [0.25, 0.3) is 0 Å². The largest absolute Gasteiger partial charge is 0.490 e. The number of nitrogens with one attached hydrogen (secondary N) is 4. The van der Waals surface area contributed by atoms with Crippen LogP contribution in [-0.4, -0.2) is 53.5 Å². The highest BCUT2D eigenvalue weighted by atomic mass is 35.5. The molecule has 6 bridgehead atoms. The number of carbonyl (C=O) groups excluding carboxylic acids is 1. The van der Waals surface area contributed by atoms with Crippen molar-refractivity contribution in [1.29, 1.82) is 0 Å². The molecule has 0 spiro atoms. The maximum absolute atomic E-state index is 12.2. The van der Waals surface area contributed by atoms with Crippen LogP contribution in [0.5, 0.6) is 0 Å². The van der Waals surface area contributed by atoms with Crippen LogP contribution in [0.1, 0.15) is 11.1 Å². The number of carbonyl (C=O) groups is 2. The highest BCUT2D eigenvalue weighted by molar-refractivity contribution is 6.32. The van der Waals surface area contributed by atoms with Gasteiger partial charge >= 0.3 is 18.2 Å². The van der Waals surface area contributed by atoms with Crippen LogP contribution in [0.2, 0.25) is 5.02 Å². The van der Waals surface area contributed by atoms with Gasteiger partial charge in [0.1, 0.15) is 5.02 Å². The molecule has 1 aromatic heterocycles. The van der Waals surface area contributed by atoms with E-state index in [-0.39, 0.29) is 6.03 Å². The minimum atomic E-state index is -5.08. The van der Waals surface area contributed by atoms with Gasteiger partial charge in [-0.3, -0.25) is 0 Å². The summed E-state index contributed by atoms with van der Waals surface area (Å²) in [5, 5.41) is 19.7. The van der Waals surface area contributed by atoms with Gasteiger partial charge in [-0.15, -0.1) is 0 Å². The summed E-state index contributed by atoms with van der Waals surface area (Å²) in [5.74, 6) is -1.81. The van der Waals surface area contributed by atoms with Crippen molar-refractivity contribution in [2.45, 2.75) is 19.0 Å². The molecule has 2 heterocycles. The highest BCUT2D eigenvalue weighted by Gasteiger charge is 2.38. The second-order valence-electron chi connectivity index (χ2n) is 7.89. The Balaban J connectivity index is 0.000000505. The molecule has 14 heteroatoms. The molecule has 0 atom stereocenters. The molecule has 1 aliphatic rings. The molecule has 0 saturated heterocycles. The number of amides is 2. The van der Waals surface area contributed by atoms with Crippen LogP contribution >= 0.6 is 11.6 Å². The van der Waals surface area contributed by atoms with E-state index in [0.29, 0.717) is 29.9 Å². The predicted molar refractivity (Wildman–Crippen MR) is 136 cm³/mol. The molecule has 202 valence electrons. The van der Waals surface area contributed by atoms with Crippen molar-refractivity contribution in [1.82, 2.24) is 15.3 Å². The van der Waals surface area contributed by atoms with Crippen LogP contribution in [0.25, 0.3) is 0 Å². The van der Waals surface area contributed by atoms with Gasteiger partial charge in [0.15, 0.2) is 5.82 Å². The molecule has 0 radical (unpaired) electrons. The average molecular weight is 553 g/mol. The fourth-order valence-corrected chi connectivity index (χ4v) is 3.44. The number of nitrogens with zero attached hydrogens (tertiary/aromatic N) is 2. The van der Waals surface area contributed by atoms with Gasteiger partial charge in [-0.05, 0) is 54.3 Å². The van der Waals surface area contributed by atoms with Crippen LogP contribution in [0, 0.1) is 0 Å². The molecule has 5 N–H and O–H groups in total. The summed E-state index contributed by atoms with van der Waals surface area (Å²) in [6.07, 6.45) is -1.98. The van der Waals surface area contributed by atoms with Gasteiger partial charge in [-0.1, -0.05) is 23.7 Å². The maximum Gasteiger partial charge on any atom is 0.490 e. The van der Waals surface area contributed by atoms with Gasteiger partial charge < -0.3 is 31.1 Å². The van der Waals surface area contributed by atoms with Crippen molar-refractivity contribution < 1.29 is 32.6 Å². The molecule has 10 nitrogen and oxygen atoms in total. The third-order valence-electron chi connectivity index (χ3n) is 5.06. The van der Waals surface area contributed by atoms with Crippen LogP contribution < -0.4 is 21.3 Å². The third kappa shape index (κ3) is 8.49. The van der Waals surface area contributed by atoms with Gasteiger partial charge in [0.05, 0.1) is 12.8 Å². The van der Waals surface area contributed by atoms with Crippen LogP contribution in [-0.2, 0) is 22.4 Å². The zero-order valence-corrected chi connectivity index (χ0v) is 20.8. The topological polar surface area (TPSA) is 138 Å². The van der Waals surface area contributed by atoms with E-state index in [0.717, 1.165) is 41.0 Å². The SMILES string of the molecule is COCCNC(=O)Nc1ccc2cc1CCc1cccc(c1)Nc1ncc(Cl)c(n1)N2.O=C(O)C(F)(F)F. The number of aliphatic carboxylic acids is 1. The number of ether oxygens (including phenoxy) is 1. The van der Waals surface area contributed by atoms with Crippen LogP contribution in [0.15, 0.2) is 48.7 Å². The number of alkyl halides is 3. The van der Waals surface area contributed by atoms with Crippen molar-refractivity contribution >= 4 is 52.4 Å². The lowest BCUT2D eigenvalue weighted by Crippen LogP contribution is -2.31. The standard InChI is InChI=1S/C22H23ClN6O2.C2HF3O2/c1-31-10-9-24-22(30)28-19-8-7-17-12-15(19)6-5-14-3-2-4-16(11-14)27-21-25-13-18(23)20(26-17)29-21;3-2(4,5)1(6)7/h2-4,7-8,11-13H,5-6,9-10H2,1H3,(H2,24,28,30)(H2,25,26,27,29);(H,6,7). The van der Waals surface area contributed by atoms with E-state index in [1.165, 1.54) is 0 Å². The monoisotopic (exact) mass is 552 g/mol. The first-order valence-electron chi connectivity index (χ1n) is 11.2. The minimum absolute atomic E-state index is 0.272. The van der Waals surface area contributed by atoms with E-state index < -0.39 is 12.1 Å². The van der Waals surface area contributed by atoms with E-state index in [1.54, 1.807) is 13.3 Å². The molecule has 2 aromatic carbocycles. The Labute approximate surface area is 220 Å². The summed E-state index contributed by atoms with van der Waals surface area (Å²) in [6, 6.07) is 13.6. The molecule has 2 amide bonds. The number of anilines is 5. The van der Waals surface area contributed by atoms with Gasteiger partial charge in [0, 0.05) is 30.7 Å². The fraction of sp³-hybridized carbons (Fsp3) is 0.250. The summed E-state index contributed by atoms with van der Waals surface area (Å²) < 4.78 is 36.7. The van der Waals surface area contributed by atoms with E-state index in [1.807, 2.05) is 30.3 Å². The lowest BCUT2D eigenvalue weighted by Gasteiger charge is -2.15. The van der Waals surface area contributed by atoms with Crippen molar-refractivity contribution in [2.75, 3.05) is 36.2 Å². The number of urea groups is 1. The lowest BCUT2D eigenvalue weighted by atomic mass is 10.0. The van der Waals surface area contributed by atoms with Gasteiger partial charge in [0.2, 0.25) is 5.95 Å². The first kappa shape index (κ1) is 28.5. The van der Waals surface area contributed by atoms with Gasteiger partial charge in [-0.2, -0.15) is 18.2 Å². The van der Waals surface area contributed by atoms with Crippen LogP contribution in [0.4, 0.5) is 46.8 Å². The Hall–Kier alpha value is -4.10. The Kier molecular flexibility index (Phi) is 9.68. The Morgan fingerprint density at radius 1 is 1.13 bits per heavy atom. The molecule has 0 saturated carbocycles. The number of fused-ring (bicyclic) bond motifs is 6. The lowest BCUT2D eigenvalue weighted by molar-refractivity contribution is -0.192. The number of aryl methyl sites for hydroxylation is 2. The summed E-state index contributed by atoms with van der Waals surface area (Å²) in [5.41, 5.74) is 4.62. The predicted octanol–water partition coefficient (Wildman–Crippen LogP) is 5.12. The van der Waals surface area contributed by atoms with Crippen molar-refractivity contribution in [3.05, 3.63) is 64.8 Å². The second-order valence-corrected chi connectivity index (χ2v) is 8.30. The van der Waals surface area contributed by atoms with Crippen molar-refractivity contribution in [2.24, 2.45) is 0 Å². The number of methoxy groups -OCH3 is 1. The molecular weight excluding hydrogens is 529 g/mol. The Morgan fingerprint density at radius 3 is 2.58 bits per heavy atom. The van der Waals surface area contributed by atoms with Gasteiger partial charge in [-0.25, -0.2) is 14.6 Å². The zero-order chi connectivity index (χ0) is 27.7. The first-order chi connectivity index (χ1) is 18.0. The maximum atomic E-state index is 12.2. The Morgan fingerprint density at radius 2 is 1.87 bits per heavy atom. The first-order valence-corrected chi connectivity index (χ1v) is 11.6. The number of hydrogen-bond donors (Lipinski definition) is 5. The Bertz CT molecular complexity index is 1290. The highest BCUT2D eigenvalue weighted by Crippen LogP contribution is 2.29. The summed E-state index contributed by atoms with van der Waals surface area (Å²) in [7, 11) is 1.60. The molecule has 0 fully saturated rings. The molecule has 0 aliphatic carbocycles. The summed E-state index contributed by atoms with van der Waals surface area (Å²) in [6.45, 7) is 0.890. The van der Waals surface area contributed by atoms with E-state index >= 15 is 0 Å².